The zero-order valence-electron chi connectivity index (χ0n) is 64.0. The number of benzene rings is 2. The maximum absolute atomic E-state index is 14.8. The van der Waals surface area contributed by atoms with Crippen LogP contribution in [-0.4, -0.2) is 170 Å². The number of pyridine rings is 2. The Hall–Kier alpha value is -8.28. The molecule has 2 aromatic heterocycles. The predicted octanol–water partition coefficient (Wildman–Crippen LogP) is 11.2. The van der Waals surface area contributed by atoms with Crippen molar-refractivity contribution in [3.05, 3.63) is 84.7 Å². The van der Waals surface area contributed by atoms with Crippen LogP contribution >= 0.6 is 0 Å². The number of Topliss-reactive ketones (excluding diaryl/α,β-unsaturated/α-hetero) is 2. The Morgan fingerprint density at radius 2 is 0.936 bits per heavy atom. The van der Waals surface area contributed by atoms with E-state index < -0.39 is 173 Å². The molecular formula is C80H102F4N6O18S2. The first-order chi connectivity index (χ1) is 52.0. The van der Waals surface area contributed by atoms with Gasteiger partial charge in [0.1, 0.15) is 58.2 Å². The van der Waals surface area contributed by atoms with Gasteiger partial charge in [0.15, 0.2) is 11.6 Å². The number of ketones is 2. The number of carbonyl (C=O) groups is 8. The highest BCUT2D eigenvalue weighted by Gasteiger charge is 2.66. The molecule has 0 bridgehead atoms. The molecular weight excluding hydrogens is 1470 g/mol. The third-order valence-electron chi connectivity index (χ3n) is 23.7. The molecule has 8 aliphatic rings. The van der Waals surface area contributed by atoms with Crippen molar-refractivity contribution in [3.8, 4) is 23.3 Å². The average Bonchev–Trinajstić information content (AvgIpc) is 1.57. The first kappa shape index (κ1) is 82.7. The van der Waals surface area contributed by atoms with Gasteiger partial charge in [0.2, 0.25) is 55.4 Å². The van der Waals surface area contributed by atoms with E-state index in [0.29, 0.717) is 47.2 Å². The van der Waals surface area contributed by atoms with E-state index in [1.54, 1.807) is 39.8 Å². The van der Waals surface area contributed by atoms with Crippen LogP contribution in [0, 0.1) is 69.8 Å². The van der Waals surface area contributed by atoms with E-state index in [4.69, 9.17) is 28.4 Å². The molecule has 110 heavy (non-hydrogen) atoms. The molecule has 2 N–H and O–H groups in total. The highest BCUT2D eigenvalue weighted by Crippen LogP contribution is 2.59. The number of methoxy groups -OCH3 is 2. The number of hydrogen-bond acceptors (Lipinski definition) is 20. The van der Waals surface area contributed by atoms with Crippen molar-refractivity contribution in [2.45, 2.75) is 217 Å². The minimum Gasteiger partial charge on any atom is -0.496 e. The fourth-order valence-electron chi connectivity index (χ4n) is 16.7. The number of amides is 4. The molecule has 0 spiro atoms. The summed E-state index contributed by atoms with van der Waals surface area (Å²) in [5.74, 6) is -7.99. The van der Waals surface area contributed by atoms with Crippen molar-refractivity contribution in [1.29, 1.82) is 0 Å². The van der Waals surface area contributed by atoms with Gasteiger partial charge in [0.05, 0.1) is 97.9 Å². The van der Waals surface area contributed by atoms with E-state index in [9.17, 15) is 72.8 Å². The van der Waals surface area contributed by atoms with Gasteiger partial charge in [0, 0.05) is 61.0 Å². The number of rotatable bonds is 20. The van der Waals surface area contributed by atoms with Gasteiger partial charge in [-0.1, -0.05) is 52.0 Å². The molecule has 600 valence electrons. The van der Waals surface area contributed by atoms with Gasteiger partial charge in [-0.25, -0.2) is 44.4 Å². The van der Waals surface area contributed by atoms with Gasteiger partial charge in [0.25, 0.3) is 0 Å². The molecule has 0 radical (unpaired) electrons. The second kappa shape index (κ2) is 33.2. The number of aromatic nitrogens is 2. The number of fused-ring (bicyclic) bond motifs is 6. The van der Waals surface area contributed by atoms with Crippen molar-refractivity contribution in [2.24, 2.45) is 58.2 Å². The Balaban J connectivity index is 0.000000218. The Labute approximate surface area is 639 Å². The number of esters is 2. The molecule has 4 aromatic rings. The molecule has 24 nitrogen and oxygen atoms in total. The Bertz CT molecular complexity index is 4220. The normalized spacial score (nSPS) is 30.1. The van der Waals surface area contributed by atoms with E-state index in [1.807, 2.05) is 38.2 Å². The second-order valence-corrected chi connectivity index (χ2v) is 36.8. The van der Waals surface area contributed by atoms with Gasteiger partial charge in [-0.3, -0.25) is 47.8 Å². The van der Waals surface area contributed by atoms with Gasteiger partial charge in [-0.15, -0.1) is 0 Å². The third-order valence-corrected chi connectivity index (χ3v) is 27.9. The van der Waals surface area contributed by atoms with Crippen molar-refractivity contribution < 1.29 is 101 Å². The third kappa shape index (κ3) is 17.8. The average molecular weight is 1580 g/mol. The summed E-state index contributed by atoms with van der Waals surface area (Å²) >= 11 is 0. The quantitative estimate of drug-likeness (QED) is 0.0472. The van der Waals surface area contributed by atoms with E-state index >= 15 is 0 Å². The van der Waals surface area contributed by atoms with Crippen LogP contribution in [0.3, 0.4) is 0 Å². The van der Waals surface area contributed by atoms with Gasteiger partial charge >= 0.3 is 11.9 Å². The van der Waals surface area contributed by atoms with E-state index in [1.165, 1.54) is 60.7 Å². The Morgan fingerprint density at radius 3 is 1.27 bits per heavy atom. The number of halogens is 4. The molecule has 2 aromatic carbocycles. The zero-order valence-corrected chi connectivity index (χ0v) is 65.7. The smallest absolute Gasteiger partial charge is 0.306 e. The minimum atomic E-state index is -4.36. The lowest BCUT2D eigenvalue weighted by atomic mass is 9.82. The van der Waals surface area contributed by atoms with Gasteiger partial charge < -0.3 is 38.2 Å². The summed E-state index contributed by atoms with van der Waals surface area (Å²) in [6, 6.07) is 6.09. The van der Waals surface area contributed by atoms with Crippen molar-refractivity contribution in [3.63, 3.8) is 0 Å². The maximum atomic E-state index is 14.8. The van der Waals surface area contributed by atoms with E-state index in [0.717, 1.165) is 12.8 Å². The van der Waals surface area contributed by atoms with E-state index in [-0.39, 0.29) is 137 Å². The number of allylic oxidation sites excluding steroid dienone is 4. The molecule has 6 fully saturated rings. The van der Waals surface area contributed by atoms with Crippen LogP contribution in [0.4, 0.5) is 17.6 Å². The number of hydrogen-bond donors (Lipinski definition) is 2. The molecule has 4 saturated carbocycles. The molecule has 0 unspecified atom stereocenters. The lowest BCUT2D eigenvalue weighted by Gasteiger charge is -2.32. The minimum absolute atomic E-state index is 0.00942. The lowest BCUT2D eigenvalue weighted by molar-refractivity contribution is -0.154. The Morgan fingerprint density at radius 1 is 0.564 bits per heavy atom. The molecule has 6 heterocycles. The highest BCUT2D eigenvalue weighted by molar-refractivity contribution is 7.92. The van der Waals surface area contributed by atoms with Crippen molar-refractivity contribution in [2.75, 3.05) is 40.7 Å². The van der Waals surface area contributed by atoms with Crippen LogP contribution in [0.2, 0.25) is 0 Å². The van der Waals surface area contributed by atoms with E-state index in [2.05, 4.69) is 33.3 Å². The molecule has 4 aliphatic heterocycles. The molecule has 12 rings (SSSR count). The topological polar surface area (TPSA) is 317 Å². The summed E-state index contributed by atoms with van der Waals surface area (Å²) in [7, 11) is -5.89. The largest absolute Gasteiger partial charge is 0.496 e. The highest BCUT2D eigenvalue weighted by atomic mass is 32.2. The molecule has 2 saturated heterocycles. The lowest BCUT2D eigenvalue weighted by Crippen LogP contribution is -2.48. The zero-order chi connectivity index (χ0) is 79.7. The van der Waals surface area contributed by atoms with Gasteiger partial charge in [-0.2, -0.15) is 0 Å². The summed E-state index contributed by atoms with van der Waals surface area (Å²) in [6.07, 6.45) is 11.7. The fraction of sp³-hybridized carbons (Fsp3) is 0.625. The van der Waals surface area contributed by atoms with Crippen molar-refractivity contribution >= 4 is 88.7 Å². The number of ether oxygens (including phenoxy) is 6. The van der Waals surface area contributed by atoms with Crippen LogP contribution in [0.5, 0.6) is 23.3 Å². The second-order valence-electron chi connectivity index (χ2n) is 32.7. The van der Waals surface area contributed by atoms with Crippen LogP contribution in [0.15, 0.2) is 73.1 Å². The molecule has 14 atom stereocenters. The Kier molecular flexibility index (Phi) is 24.9. The number of carbonyl (C=O) groups excluding carboxylic acids is 8. The number of alkyl halides is 2. The van der Waals surface area contributed by atoms with Gasteiger partial charge in [-0.05, 0) is 165 Å². The SMILES string of the molecule is COc1cc(F)cc2c(O[C@@H]3C[C@H]4C(=O)C[C@]5(C(=O)NS(=O)(=O)C6(CF)CC6)C[C@H]5/C=C\CC[C@@H](C)C[C@@H](C)[C@H](CC(=O)OC(C)C)C(=O)N4C3)nccc12.COc1cc(F)cc2c(O[C@@H]3C[C@H]4C(=O)C[C@]5(C(=O)NS(=O)(=O)C6(CF)CC6)C[C@H]5/C=C\CC[C@H](C)C[C@@H](C)[C@H](CC(=O)OC(C)C)C(=O)N4C3)nccc12. The number of sulfonamides is 2. The van der Waals surface area contributed by atoms with Crippen LogP contribution in [-0.2, 0) is 67.9 Å². The molecule has 4 amide bonds. The number of nitrogens with zero attached hydrogens (tertiary/aromatic N) is 4. The summed E-state index contributed by atoms with van der Waals surface area (Å²) in [5, 5.41) is 1.73. The standard InChI is InChI=1S/2C40H51F2N3O9S/c2*1-23(2)53-35(47)18-30-25(4)14-24(3)8-6-7-9-26-19-40(26,38(49)44-55(50,51)39(22-41)11-12-39)20-33(46)32-17-28(21-45(32)37(30)48)54-36-31-15-27(42)16-34(52-5)29(31)10-13-43-36/h2*7,9-10,13,15-16,23-26,28,30,32H,6,8,11-12,14,17-22H2,1-5H3,(H,44,49)/b2*9-7-/t24-,25+,26+,28+,30-,32-,40+;24-,25-,26-,28-,30+,32+,40-/m01/s1. The predicted molar refractivity (Wildman–Crippen MR) is 397 cm³/mol. The summed E-state index contributed by atoms with van der Waals surface area (Å²) in [6.45, 7) is 12.4. The number of nitrogens with one attached hydrogen (secondary N) is 2. The van der Waals surface area contributed by atoms with Crippen LogP contribution in [0.1, 0.15) is 171 Å². The summed E-state index contributed by atoms with van der Waals surface area (Å²) in [4.78, 5) is 124. The molecule has 30 heteroatoms. The molecule has 4 aliphatic carbocycles. The summed E-state index contributed by atoms with van der Waals surface area (Å²) in [5.41, 5.74) is -2.85. The van der Waals surface area contributed by atoms with Crippen LogP contribution in [0.25, 0.3) is 21.5 Å². The first-order valence-corrected chi connectivity index (χ1v) is 41.2. The first-order valence-electron chi connectivity index (χ1n) is 38.3. The monoisotopic (exact) mass is 1570 g/mol. The summed E-state index contributed by atoms with van der Waals surface area (Å²) < 4.78 is 145. The maximum Gasteiger partial charge on any atom is 0.306 e. The van der Waals surface area contributed by atoms with Crippen molar-refractivity contribution in [1.82, 2.24) is 29.2 Å². The van der Waals surface area contributed by atoms with Crippen LogP contribution < -0.4 is 28.4 Å². The fourth-order valence-corrected chi connectivity index (χ4v) is 19.6.